The average Bonchev–Trinajstić information content (AvgIpc) is 3.11. The van der Waals surface area contributed by atoms with Crippen LogP contribution in [-0.4, -0.2) is 22.6 Å². The van der Waals surface area contributed by atoms with Gasteiger partial charge in [-0.2, -0.15) is 0 Å². The third kappa shape index (κ3) is 2.86. The molecular formula is C16H27N3. The van der Waals surface area contributed by atoms with Crippen LogP contribution in [0.4, 0.5) is 0 Å². The van der Waals surface area contributed by atoms with Crippen molar-refractivity contribution in [1.29, 1.82) is 0 Å². The van der Waals surface area contributed by atoms with E-state index >= 15 is 0 Å². The van der Waals surface area contributed by atoms with E-state index in [2.05, 4.69) is 34.3 Å². The number of hydrogen-bond acceptors (Lipinski definition) is 2. The van der Waals surface area contributed by atoms with E-state index in [9.17, 15) is 0 Å². The smallest absolute Gasteiger partial charge is 0.0950 e. The van der Waals surface area contributed by atoms with E-state index in [0.29, 0.717) is 12.0 Å². The Morgan fingerprint density at radius 3 is 2.79 bits per heavy atom. The third-order valence-electron chi connectivity index (χ3n) is 5.08. The Bertz CT molecular complexity index is 384. The van der Waals surface area contributed by atoms with Gasteiger partial charge in [0.15, 0.2) is 0 Å². The molecule has 0 aromatic carbocycles. The van der Waals surface area contributed by atoms with Crippen LogP contribution in [0.3, 0.4) is 0 Å². The Morgan fingerprint density at radius 1 is 1.26 bits per heavy atom. The van der Waals surface area contributed by atoms with Gasteiger partial charge in [0.05, 0.1) is 6.33 Å². The number of imidazole rings is 1. The Hall–Kier alpha value is -0.830. The molecule has 3 nitrogen and oxygen atoms in total. The second kappa shape index (κ2) is 6.08. The molecule has 1 aliphatic carbocycles. The lowest BCUT2D eigenvalue weighted by Crippen LogP contribution is -2.20. The molecule has 2 heterocycles. The Kier molecular flexibility index (Phi) is 4.21. The Morgan fingerprint density at radius 2 is 2.11 bits per heavy atom. The molecule has 1 N–H and O–H groups in total. The first-order valence-corrected chi connectivity index (χ1v) is 8.11. The molecule has 1 aliphatic heterocycles. The summed E-state index contributed by atoms with van der Waals surface area (Å²) in [7, 11) is 0. The molecule has 0 spiro atoms. The first kappa shape index (κ1) is 13.2. The first-order valence-electron chi connectivity index (χ1n) is 8.11. The summed E-state index contributed by atoms with van der Waals surface area (Å²) in [5.41, 5.74) is 1.48. The molecule has 1 aromatic rings. The number of nitrogens with zero attached hydrogens (tertiary/aromatic N) is 2. The van der Waals surface area contributed by atoms with Gasteiger partial charge in [0.1, 0.15) is 0 Å². The zero-order valence-electron chi connectivity index (χ0n) is 12.1. The Labute approximate surface area is 116 Å². The van der Waals surface area contributed by atoms with Crippen LogP contribution in [0.5, 0.6) is 0 Å². The molecule has 1 aromatic heterocycles. The topological polar surface area (TPSA) is 29.9 Å². The lowest BCUT2D eigenvalue weighted by Gasteiger charge is -2.31. The Balaban J connectivity index is 1.65. The fraction of sp³-hybridized carbons (Fsp3) is 0.812. The minimum Gasteiger partial charge on any atom is -0.331 e. The highest BCUT2D eigenvalue weighted by molar-refractivity contribution is 5.10. The van der Waals surface area contributed by atoms with Gasteiger partial charge in [-0.1, -0.05) is 19.8 Å². The minimum absolute atomic E-state index is 0.691. The standard InChI is InChI=1S/C16H27N3/c1-2-3-13-4-6-15(7-5-13)19-12-18-11-16(19)14-8-9-17-10-14/h11-15,17H,2-10H2,1H3. The predicted molar refractivity (Wildman–Crippen MR) is 78.4 cm³/mol. The second-order valence-corrected chi connectivity index (χ2v) is 6.38. The lowest BCUT2D eigenvalue weighted by molar-refractivity contribution is 0.258. The van der Waals surface area contributed by atoms with Crippen LogP contribution in [0.2, 0.25) is 0 Å². The van der Waals surface area contributed by atoms with Crippen molar-refractivity contribution in [3.05, 3.63) is 18.2 Å². The molecule has 3 rings (SSSR count). The summed E-state index contributed by atoms with van der Waals surface area (Å²) in [6.07, 6.45) is 13.8. The molecule has 1 saturated carbocycles. The molecular weight excluding hydrogens is 234 g/mol. The van der Waals surface area contributed by atoms with Gasteiger partial charge in [-0.3, -0.25) is 0 Å². The number of nitrogens with one attached hydrogen (secondary N) is 1. The van der Waals surface area contributed by atoms with Gasteiger partial charge in [0.2, 0.25) is 0 Å². The van der Waals surface area contributed by atoms with Crippen molar-refractivity contribution in [2.45, 2.75) is 63.8 Å². The maximum atomic E-state index is 4.43. The zero-order valence-corrected chi connectivity index (χ0v) is 12.1. The van der Waals surface area contributed by atoms with Crippen molar-refractivity contribution in [3.63, 3.8) is 0 Å². The maximum absolute atomic E-state index is 4.43. The van der Waals surface area contributed by atoms with Gasteiger partial charge in [-0.15, -0.1) is 0 Å². The van der Waals surface area contributed by atoms with Crippen LogP contribution in [0, 0.1) is 5.92 Å². The number of aromatic nitrogens is 2. The van der Waals surface area contributed by atoms with Gasteiger partial charge in [0, 0.05) is 30.4 Å². The SMILES string of the molecule is CCCC1CCC(n2cncc2C2CCNC2)CC1. The monoisotopic (exact) mass is 261 g/mol. The van der Waals surface area contributed by atoms with Crippen LogP contribution in [-0.2, 0) is 0 Å². The lowest BCUT2D eigenvalue weighted by atomic mass is 9.83. The van der Waals surface area contributed by atoms with E-state index in [4.69, 9.17) is 0 Å². The van der Waals surface area contributed by atoms with Crippen LogP contribution >= 0.6 is 0 Å². The highest BCUT2D eigenvalue weighted by Crippen LogP contribution is 2.36. The summed E-state index contributed by atoms with van der Waals surface area (Å²) in [6.45, 7) is 4.61. The largest absolute Gasteiger partial charge is 0.331 e. The van der Waals surface area contributed by atoms with Crippen LogP contribution in [0.1, 0.15) is 69.5 Å². The summed E-state index contributed by atoms with van der Waals surface area (Å²) in [6, 6.07) is 0.714. The van der Waals surface area contributed by atoms with Gasteiger partial charge in [-0.05, 0) is 44.6 Å². The normalized spacial score (nSPS) is 31.7. The highest BCUT2D eigenvalue weighted by Gasteiger charge is 2.26. The van der Waals surface area contributed by atoms with E-state index < -0.39 is 0 Å². The van der Waals surface area contributed by atoms with Crippen molar-refractivity contribution in [1.82, 2.24) is 14.9 Å². The fourth-order valence-corrected chi connectivity index (χ4v) is 3.96. The molecule has 0 amide bonds. The molecule has 19 heavy (non-hydrogen) atoms. The average molecular weight is 261 g/mol. The molecule has 3 heteroatoms. The molecule has 1 atom stereocenters. The van der Waals surface area contributed by atoms with E-state index in [1.165, 1.54) is 57.2 Å². The fourth-order valence-electron chi connectivity index (χ4n) is 3.96. The summed E-state index contributed by atoms with van der Waals surface area (Å²) in [4.78, 5) is 4.43. The van der Waals surface area contributed by atoms with Crippen molar-refractivity contribution in [3.8, 4) is 0 Å². The van der Waals surface area contributed by atoms with E-state index in [-0.39, 0.29) is 0 Å². The molecule has 2 fully saturated rings. The number of hydrogen-bond donors (Lipinski definition) is 1. The molecule has 0 radical (unpaired) electrons. The van der Waals surface area contributed by atoms with Gasteiger partial charge in [0.25, 0.3) is 0 Å². The van der Waals surface area contributed by atoms with Crippen molar-refractivity contribution in [2.75, 3.05) is 13.1 Å². The van der Waals surface area contributed by atoms with E-state index in [0.717, 1.165) is 12.5 Å². The van der Waals surface area contributed by atoms with Gasteiger partial charge in [-0.25, -0.2) is 4.98 Å². The minimum atomic E-state index is 0.691. The summed E-state index contributed by atoms with van der Waals surface area (Å²) >= 11 is 0. The second-order valence-electron chi connectivity index (χ2n) is 6.38. The van der Waals surface area contributed by atoms with Gasteiger partial charge < -0.3 is 9.88 Å². The predicted octanol–water partition coefficient (Wildman–Crippen LogP) is 3.49. The van der Waals surface area contributed by atoms with Crippen molar-refractivity contribution >= 4 is 0 Å². The molecule has 2 aliphatic rings. The maximum Gasteiger partial charge on any atom is 0.0950 e. The van der Waals surface area contributed by atoms with Crippen LogP contribution < -0.4 is 5.32 Å². The van der Waals surface area contributed by atoms with Crippen molar-refractivity contribution < 1.29 is 0 Å². The van der Waals surface area contributed by atoms with Gasteiger partial charge >= 0.3 is 0 Å². The number of rotatable bonds is 4. The first-order chi connectivity index (χ1) is 9.38. The van der Waals surface area contributed by atoms with Crippen LogP contribution in [0.25, 0.3) is 0 Å². The summed E-state index contributed by atoms with van der Waals surface area (Å²) in [5, 5.41) is 3.47. The van der Waals surface area contributed by atoms with E-state index in [1.54, 1.807) is 0 Å². The van der Waals surface area contributed by atoms with Crippen LogP contribution in [0.15, 0.2) is 12.5 Å². The van der Waals surface area contributed by atoms with E-state index in [1.807, 2.05) is 0 Å². The molecule has 1 saturated heterocycles. The molecule has 1 unspecified atom stereocenters. The highest BCUT2D eigenvalue weighted by atomic mass is 15.1. The zero-order chi connectivity index (χ0) is 13.1. The summed E-state index contributed by atoms with van der Waals surface area (Å²) < 4.78 is 2.50. The third-order valence-corrected chi connectivity index (χ3v) is 5.08. The molecule has 106 valence electrons. The summed E-state index contributed by atoms with van der Waals surface area (Å²) in [5.74, 6) is 1.68. The molecule has 0 bridgehead atoms. The quantitative estimate of drug-likeness (QED) is 0.899. The van der Waals surface area contributed by atoms with Crippen molar-refractivity contribution in [2.24, 2.45) is 5.92 Å².